The summed E-state index contributed by atoms with van der Waals surface area (Å²) in [6.07, 6.45) is 6.96. The highest BCUT2D eigenvalue weighted by Crippen LogP contribution is 2.75. The molecule has 0 amide bonds. The van der Waals surface area contributed by atoms with Gasteiger partial charge in [-0.25, -0.2) is 4.79 Å². The molecule has 5 aliphatic rings. The van der Waals surface area contributed by atoms with E-state index in [1.165, 1.54) is 0 Å². The van der Waals surface area contributed by atoms with Crippen LogP contribution in [0.5, 0.6) is 0 Å². The van der Waals surface area contributed by atoms with E-state index in [1.807, 2.05) is 6.07 Å². The van der Waals surface area contributed by atoms with Crippen LogP contribution in [0.4, 0.5) is 0 Å². The van der Waals surface area contributed by atoms with Crippen molar-refractivity contribution in [3.8, 4) is 0 Å². The van der Waals surface area contributed by atoms with Crippen LogP contribution in [0.15, 0.2) is 23.0 Å². The third-order valence-corrected chi connectivity index (χ3v) is 8.22. The molecule has 1 aromatic rings. The van der Waals surface area contributed by atoms with Gasteiger partial charge in [-0.1, -0.05) is 6.92 Å². The number of furan rings is 1. The summed E-state index contributed by atoms with van der Waals surface area (Å²) in [5, 5.41) is 0. The van der Waals surface area contributed by atoms with E-state index >= 15 is 0 Å². The second kappa shape index (κ2) is 4.53. The molecule has 6 heteroatoms. The quantitative estimate of drug-likeness (QED) is 0.719. The standard InChI is InChI=1S/C20H22O6/c1-11-7-15-19-10-24-17(22)20(19,26-15)5-2-3-14(19)18(11)8-13(25-16(18)21)12-4-6-23-9-12/h4,6,9,11,13-15H,2-3,5,7-8,10H2,1H3/t11-,13+,14?,15-,18-,19+,20-/m1/s1. The molecule has 26 heavy (non-hydrogen) atoms. The highest BCUT2D eigenvalue weighted by atomic mass is 16.6. The molecule has 0 aromatic carbocycles. The zero-order chi connectivity index (χ0) is 17.7. The largest absolute Gasteiger partial charge is 0.472 e. The van der Waals surface area contributed by atoms with Gasteiger partial charge in [0.2, 0.25) is 0 Å². The molecule has 3 aliphatic heterocycles. The van der Waals surface area contributed by atoms with Gasteiger partial charge in [0, 0.05) is 12.0 Å². The van der Waals surface area contributed by atoms with Crippen molar-refractivity contribution in [3.05, 3.63) is 24.2 Å². The van der Waals surface area contributed by atoms with Crippen molar-refractivity contribution in [1.82, 2.24) is 0 Å². The van der Waals surface area contributed by atoms with Crippen LogP contribution >= 0.6 is 0 Å². The van der Waals surface area contributed by atoms with E-state index in [2.05, 4.69) is 6.92 Å². The monoisotopic (exact) mass is 358 g/mol. The normalized spacial score (nSPS) is 51.4. The smallest absolute Gasteiger partial charge is 0.339 e. The first-order valence-electron chi connectivity index (χ1n) is 9.63. The molecule has 7 atom stereocenters. The van der Waals surface area contributed by atoms with E-state index in [1.54, 1.807) is 12.5 Å². The van der Waals surface area contributed by atoms with E-state index in [4.69, 9.17) is 18.6 Å². The van der Waals surface area contributed by atoms with Crippen molar-refractivity contribution in [2.45, 2.75) is 56.8 Å². The lowest BCUT2D eigenvalue weighted by Gasteiger charge is -2.69. The van der Waals surface area contributed by atoms with E-state index in [9.17, 15) is 9.59 Å². The predicted molar refractivity (Wildman–Crippen MR) is 86.7 cm³/mol. The number of cyclic esters (lactones) is 2. The molecule has 138 valence electrons. The molecular formula is C20H22O6. The summed E-state index contributed by atoms with van der Waals surface area (Å²) in [5.41, 5.74) is -0.823. The molecule has 6 nitrogen and oxygen atoms in total. The van der Waals surface area contributed by atoms with Gasteiger partial charge in [-0.2, -0.15) is 0 Å². The Hall–Kier alpha value is -1.82. The number of carbonyl (C=O) groups is 2. The maximum Gasteiger partial charge on any atom is 0.339 e. The Labute approximate surface area is 151 Å². The van der Waals surface area contributed by atoms with Gasteiger partial charge in [-0.05, 0) is 43.6 Å². The predicted octanol–water partition coefficient (Wildman–Crippen LogP) is 2.77. The molecule has 2 aliphatic carbocycles. The molecule has 2 saturated carbocycles. The van der Waals surface area contributed by atoms with Crippen LogP contribution < -0.4 is 0 Å². The van der Waals surface area contributed by atoms with Crippen molar-refractivity contribution in [1.29, 1.82) is 0 Å². The van der Waals surface area contributed by atoms with Crippen molar-refractivity contribution in [2.75, 3.05) is 6.61 Å². The van der Waals surface area contributed by atoms with E-state index < -0.39 is 11.0 Å². The lowest BCUT2D eigenvalue weighted by atomic mass is 9.39. The molecule has 1 aromatic heterocycles. The van der Waals surface area contributed by atoms with Crippen LogP contribution in [-0.4, -0.2) is 30.3 Å². The van der Waals surface area contributed by atoms with Gasteiger partial charge >= 0.3 is 11.9 Å². The van der Waals surface area contributed by atoms with Crippen LogP contribution in [0.2, 0.25) is 0 Å². The van der Waals surface area contributed by atoms with E-state index in [-0.39, 0.29) is 41.4 Å². The molecule has 3 saturated heterocycles. The second-order valence-corrected chi connectivity index (χ2v) is 8.83. The first kappa shape index (κ1) is 15.3. The number of carbonyl (C=O) groups excluding carboxylic acids is 2. The Balaban J connectivity index is 1.47. The number of fused-ring (bicyclic) bond motifs is 1. The summed E-state index contributed by atoms with van der Waals surface area (Å²) < 4.78 is 22.8. The van der Waals surface area contributed by atoms with Gasteiger partial charge in [-0.3, -0.25) is 4.79 Å². The minimum Gasteiger partial charge on any atom is -0.472 e. The Morgan fingerprint density at radius 3 is 2.92 bits per heavy atom. The third kappa shape index (κ3) is 1.37. The molecule has 6 rings (SSSR count). The Morgan fingerprint density at radius 2 is 2.12 bits per heavy atom. The van der Waals surface area contributed by atoms with Crippen LogP contribution in [-0.2, 0) is 23.8 Å². The average molecular weight is 358 g/mol. The number of hydrogen-bond donors (Lipinski definition) is 0. The molecular weight excluding hydrogens is 336 g/mol. The van der Waals surface area contributed by atoms with E-state index in [0.717, 1.165) is 24.8 Å². The van der Waals surface area contributed by atoms with Crippen molar-refractivity contribution < 1.29 is 28.2 Å². The van der Waals surface area contributed by atoms with Crippen LogP contribution in [0, 0.1) is 22.7 Å². The van der Waals surface area contributed by atoms with Crippen LogP contribution in [0.3, 0.4) is 0 Å². The Kier molecular flexibility index (Phi) is 2.66. The summed E-state index contributed by atoms with van der Waals surface area (Å²) in [7, 11) is 0. The van der Waals surface area contributed by atoms with Crippen molar-refractivity contribution in [3.63, 3.8) is 0 Å². The Morgan fingerprint density at radius 1 is 1.23 bits per heavy atom. The number of esters is 2. The topological polar surface area (TPSA) is 75.0 Å². The lowest BCUT2D eigenvalue weighted by Crippen LogP contribution is -2.79. The van der Waals surface area contributed by atoms with Crippen molar-refractivity contribution in [2.24, 2.45) is 22.7 Å². The summed E-state index contributed by atoms with van der Waals surface area (Å²) in [4.78, 5) is 25.8. The maximum atomic E-state index is 13.3. The van der Waals surface area contributed by atoms with Crippen LogP contribution in [0.25, 0.3) is 0 Å². The van der Waals surface area contributed by atoms with Gasteiger partial charge < -0.3 is 18.6 Å². The van der Waals surface area contributed by atoms with E-state index in [0.29, 0.717) is 19.4 Å². The van der Waals surface area contributed by atoms with Crippen molar-refractivity contribution >= 4 is 11.9 Å². The fraction of sp³-hybridized carbons (Fsp3) is 0.700. The Bertz CT molecular complexity index is 801. The zero-order valence-corrected chi connectivity index (χ0v) is 14.7. The van der Waals surface area contributed by atoms with Gasteiger partial charge in [-0.15, -0.1) is 0 Å². The average Bonchev–Trinajstić information content (AvgIpc) is 3.29. The molecule has 1 unspecified atom stereocenters. The SMILES string of the molecule is C[C@@H]1C[C@H]2O[C@@]34CCCC([C@@]15C[C@@H](c1ccoc1)OC5=O)[C@@]23COC4=O. The first-order chi connectivity index (χ1) is 12.5. The number of ether oxygens (including phenoxy) is 3. The minimum absolute atomic E-state index is 0.0145. The summed E-state index contributed by atoms with van der Waals surface area (Å²) in [5.74, 6) is -0.113. The summed E-state index contributed by atoms with van der Waals surface area (Å²) >= 11 is 0. The van der Waals surface area contributed by atoms with Gasteiger partial charge in [0.25, 0.3) is 0 Å². The lowest BCUT2D eigenvalue weighted by molar-refractivity contribution is -0.356. The molecule has 2 spiro atoms. The zero-order valence-electron chi connectivity index (χ0n) is 14.7. The number of rotatable bonds is 1. The first-order valence-corrected chi connectivity index (χ1v) is 9.63. The molecule has 0 radical (unpaired) electrons. The van der Waals surface area contributed by atoms with Gasteiger partial charge in [0.1, 0.15) is 12.7 Å². The minimum atomic E-state index is -0.818. The second-order valence-electron chi connectivity index (χ2n) is 8.83. The highest BCUT2D eigenvalue weighted by molar-refractivity contribution is 5.87. The molecule has 4 heterocycles. The molecule has 0 bridgehead atoms. The summed E-state index contributed by atoms with van der Waals surface area (Å²) in [6, 6.07) is 1.87. The highest BCUT2D eigenvalue weighted by Gasteiger charge is 2.85. The fourth-order valence-electron chi connectivity index (χ4n) is 7.07. The maximum absolute atomic E-state index is 13.3. The molecule has 0 N–H and O–H groups in total. The molecule has 5 fully saturated rings. The van der Waals surface area contributed by atoms with Gasteiger partial charge in [0.15, 0.2) is 5.60 Å². The fourth-order valence-corrected chi connectivity index (χ4v) is 7.07. The number of hydrogen-bond acceptors (Lipinski definition) is 6. The van der Waals surface area contributed by atoms with Gasteiger partial charge in [0.05, 0.1) is 29.5 Å². The third-order valence-electron chi connectivity index (χ3n) is 8.22. The summed E-state index contributed by atoms with van der Waals surface area (Å²) in [6.45, 7) is 2.53. The van der Waals surface area contributed by atoms with Crippen LogP contribution in [0.1, 0.15) is 50.7 Å².